The third-order valence-corrected chi connectivity index (χ3v) is 3.84. The summed E-state index contributed by atoms with van der Waals surface area (Å²) in [6.07, 6.45) is 0. The van der Waals surface area contributed by atoms with Crippen LogP contribution in [-0.4, -0.2) is 13.3 Å². The van der Waals surface area contributed by atoms with Crippen LogP contribution < -0.4 is 0 Å². The van der Waals surface area contributed by atoms with Crippen LogP contribution in [0.4, 0.5) is 0 Å². The molecule has 3 nitrogen and oxygen atoms in total. The summed E-state index contributed by atoms with van der Waals surface area (Å²) in [5, 5.41) is 0. The lowest BCUT2D eigenvalue weighted by Crippen LogP contribution is -1.99. The molecular weight excluding hydrogens is 220 g/mol. The van der Waals surface area contributed by atoms with Gasteiger partial charge in [0, 0.05) is 5.56 Å². The SMILES string of the molecule is Cc1ccc(C)c(C[S+]=S(=O)([O-])O)c1. The van der Waals surface area contributed by atoms with Crippen molar-refractivity contribution >= 4 is 19.4 Å². The Balaban J connectivity index is 2.98. The molecule has 0 aromatic heterocycles. The highest BCUT2D eigenvalue weighted by Crippen LogP contribution is 2.11. The topological polar surface area (TPSA) is 60.4 Å². The fraction of sp³-hybridized carbons (Fsp3) is 0.333. The first-order chi connectivity index (χ1) is 6.38. The lowest BCUT2D eigenvalue weighted by Gasteiger charge is -2.00. The quantitative estimate of drug-likeness (QED) is 0.789. The van der Waals surface area contributed by atoms with Crippen LogP contribution in [0.5, 0.6) is 0 Å². The maximum atomic E-state index is 10.5. The number of hydrogen-bond acceptors (Lipinski definition) is 2. The van der Waals surface area contributed by atoms with Gasteiger partial charge in [-0.1, -0.05) is 23.8 Å². The summed E-state index contributed by atoms with van der Waals surface area (Å²) in [5.41, 5.74) is 3.06. The van der Waals surface area contributed by atoms with E-state index in [-0.39, 0.29) is 5.75 Å². The minimum absolute atomic E-state index is 0.284. The fourth-order valence-electron chi connectivity index (χ4n) is 1.09. The number of aryl methyl sites for hydroxylation is 2. The van der Waals surface area contributed by atoms with Gasteiger partial charge in [0.2, 0.25) is 5.75 Å². The molecule has 0 saturated carbocycles. The van der Waals surface area contributed by atoms with Crippen molar-refractivity contribution in [3.05, 3.63) is 34.9 Å². The van der Waals surface area contributed by atoms with Crippen molar-refractivity contribution in [3.8, 4) is 0 Å². The van der Waals surface area contributed by atoms with Gasteiger partial charge in [-0.15, -0.1) is 0 Å². The van der Waals surface area contributed by atoms with Crippen molar-refractivity contribution in [2.24, 2.45) is 0 Å². The molecule has 0 aliphatic rings. The molecule has 0 spiro atoms. The van der Waals surface area contributed by atoms with Gasteiger partial charge in [-0.2, -0.15) is 4.21 Å². The molecule has 1 N–H and O–H groups in total. The third kappa shape index (κ3) is 3.71. The molecule has 0 aliphatic heterocycles. The Labute approximate surface area is 87.5 Å². The Morgan fingerprint density at radius 1 is 1.50 bits per heavy atom. The smallest absolute Gasteiger partial charge is 0.257 e. The third-order valence-electron chi connectivity index (χ3n) is 1.87. The van der Waals surface area contributed by atoms with E-state index in [2.05, 4.69) is 0 Å². The van der Waals surface area contributed by atoms with E-state index in [9.17, 15) is 8.76 Å². The minimum atomic E-state index is -3.94. The first kappa shape index (κ1) is 11.6. The molecule has 0 aliphatic carbocycles. The lowest BCUT2D eigenvalue weighted by atomic mass is 10.1. The molecule has 5 heteroatoms. The summed E-state index contributed by atoms with van der Waals surface area (Å²) < 4.78 is 29.6. The van der Waals surface area contributed by atoms with Gasteiger partial charge < -0.3 is 4.55 Å². The monoisotopic (exact) mass is 232 g/mol. The highest BCUT2D eigenvalue weighted by molar-refractivity contribution is 8.33. The van der Waals surface area contributed by atoms with E-state index >= 15 is 0 Å². The van der Waals surface area contributed by atoms with E-state index in [4.69, 9.17) is 4.55 Å². The molecular formula is C9H12O3S2. The van der Waals surface area contributed by atoms with Crippen LogP contribution in [-0.2, 0) is 25.1 Å². The zero-order valence-electron chi connectivity index (χ0n) is 8.02. The first-order valence-electron chi connectivity index (χ1n) is 4.06. The summed E-state index contributed by atoms with van der Waals surface area (Å²) in [6, 6.07) is 5.83. The predicted molar refractivity (Wildman–Crippen MR) is 58.5 cm³/mol. The Kier molecular flexibility index (Phi) is 3.60. The predicted octanol–water partition coefficient (Wildman–Crippen LogP) is 1.69. The molecule has 1 unspecified atom stereocenters. The molecule has 0 bridgehead atoms. The van der Waals surface area contributed by atoms with Crippen LogP contribution in [0.3, 0.4) is 0 Å². The molecule has 1 rings (SSSR count). The van der Waals surface area contributed by atoms with Crippen molar-refractivity contribution in [2.75, 3.05) is 0 Å². The normalized spacial score (nSPS) is 14.9. The van der Waals surface area contributed by atoms with E-state index in [1.807, 2.05) is 32.0 Å². The molecule has 1 atom stereocenters. The lowest BCUT2D eigenvalue weighted by molar-refractivity contribution is 0.432. The van der Waals surface area contributed by atoms with E-state index in [1.165, 1.54) is 0 Å². The van der Waals surface area contributed by atoms with E-state index in [0.29, 0.717) is 10.3 Å². The molecule has 0 amide bonds. The van der Waals surface area contributed by atoms with Gasteiger partial charge in [-0.05, 0) is 19.4 Å². The second kappa shape index (κ2) is 4.35. The van der Waals surface area contributed by atoms with Crippen molar-refractivity contribution in [3.63, 3.8) is 0 Å². The second-order valence-electron chi connectivity index (χ2n) is 3.12. The summed E-state index contributed by atoms with van der Waals surface area (Å²) >= 11 is 0. The second-order valence-corrected chi connectivity index (χ2v) is 6.47. The summed E-state index contributed by atoms with van der Waals surface area (Å²) in [4.78, 5) is 0. The molecule has 14 heavy (non-hydrogen) atoms. The van der Waals surface area contributed by atoms with E-state index in [0.717, 1.165) is 16.7 Å². The minimum Gasteiger partial charge on any atom is -0.712 e. The fourth-order valence-corrected chi connectivity index (χ4v) is 2.51. The van der Waals surface area contributed by atoms with Crippen molar-refractivity contribution in [1.82, 2.24) is 0 Å². The highest BCUT2D eigenvalue weighted by atomic mass is 32.9. The highest BCUT2D eigenvalue weighted by Gasteiger charge is 2.06. The van der Waals surface area contributed by atoms with Crippen LogP contribution in [0, 0.1) is 13.8 Å². The standard InChI is InChI=1S/C9H12O3S2/c1-7-3-4-8(2)9(5-7)6-13-14(10,11)12/h3-5H,6H2,1-2H3,(H-,10,11,12). The van der Waals surface area contributed by atoms with Gasteiger partial charge in [0.1, 0.15) is 0 Å². The maximum absolute atomic E-state index is 10.5. The average Bonchev–Trinajstić information content (AvgIpc) is 2.05. The molecule has 0 fully saturated rings. The number of hydrogen-bond donors (Lipinski definition) is 1. The molecule has 0 saturated heterocycles. The Morgan fingerprint density at radius 3 is 2.71 bits per heavy atom. The molecule has 1 aromatic rings. The Bertz CT molecular complexity index is 437. The Hall–Kier alpha value is -0.490. The van der Waals surface area contributed by atoms with Gasteiger partial charge in [0.15, 0.2) is 0 Å². The van der Waals surface area contributed by atoms with Crippen LogP contribution in [0.1, 0.15) is 16.7 Å². The summed E-state index contributed by atoms with van der Waals surface area (Å²) in [6.45, 7) is 3.86. The van der Waals surface area contributed by atoms with Gasteiger partial charge in [0.05, 0.1) is 0 Å². The largest absolute Gasteiger partial charge is 0.712 e. The Morgan fingerprint density at radius 2 is 2.14 bits per heavy atom. The number of benzene rings is 1. The number of rotatable bonds is 2. The van der Waals surface area contributed by atoms with Crippen molar-refractivity contribution in [1.29, 1.82) is 0 Å². The molecule has 78 valence electrons. The van der Waals surface area contributed by atoms with E-state index < -0.39 is 9.05 Å². The zero-order chi connectivity index (χ0) is 10.8. The van der Waals surface area contributed by atoms with Gasteiger partial charge in [-0.3, -0.25) is 4.55 Å². The van der Waals surface area contributed by atoms with Crippen LogP contribution in [0.15, 0.2) is 18.2 Å². The maximum Gasteiger partial charge on any atom is 0.257 e. The van der Waals surface area contributed by atoms with Crippen LogP contribution in [0.25, 0.3) is 0 Å². The molecule has 0 radical (unpaired) electrons. The van der Waals surface area contributed by atoms with Crippen LogP contribution >= 0.6 is 0 Å². The van der Waals surface area contributed by atoms with Crippen molar-refractivity contribution < 1.29 is 13.3 Å². The first-order valence-corrected chi connectivity index (χ1v) is 7.01. The van der Waals surface area contributed by atoms with Gasteiger partial charge in [0.25, 0.3) is 19.4 Å². The zero-order valence-corrected chi connectivity index (χ0v) is 9.65. The summed E-state index contributed by atoms with van der Waals surface area (Å²) in [7, 11) is -3.40. The van der Waals surface area contributed by atoms with Crippen molar-refractivity contribution in [2.45, 2.75) is 19.6 Å². The molecule has 0 heterocycles. The molecule has 1 aromatic carbocycles. The average molecular weight is 232 g/mol. The van der Waals surface area contributed by atoms with Gasteiger partial charge in [-0.25, -0.2) is 0 Å². The van der Waals surface area contributed by atoms with E-state index in [1.54, 1.807) is 0 Å². The van der Waals surface area contributed by atoms with Crippen LogP contribution in [0.2, 0.25) is 0 Å². The summed E-state index contributed by atoms with van der Waals surface area (Å²) in [5.74, 6) is 0.284. The van der Waals surface area contributed by atoms with Gasteiger partial charge >= 0.3 is 0 Å².